The summed E-state index contributed by atoms with van der Waals surface area (Å²) in [6.45, 7) is 7.11. The first-order valence-electron chi connectivity index (χ1n) is 15.0. The summed E-state index contributed by atoms with van der Waals surface area (Å²) < 4.78 is 29.6. The van der Waals surface area contributed by atoms with Gasteiger partial charge in [0.25, 0.3) is 10.0 Å². The van der Waals surface area contributed by atoms with Gasteiger partial charge in [0.1, 0.15) is 12.6 Å². The zero-order valence-electron chi connectivity index (χ0n) is 26.1. The summed E-state index contributed by atoms with van der Waals surface area (Å²) in [4.78, 5) is 30.0. The van der Waals surface area contributed by atoms with Crippen molar-refractivity contribution in [1.82, 2.24) is 10.2 Å². The van der Waals surface area contributed by atoms with Gasteiger partial charge in [-0.1, -0.05) is 103 Å². The molecule has 0 spiro atoms. The highest BCUT2D eigenvalue weighted by Gasteiger charge is 2.35. The zero-order chi connectivity index (χ0) is 32.6. The summed E-state index contributed by atoms with van der Waals surface area (Å²) >= 11 is 6.36. The van der Waals surface area contributed by atoms with Gasteiger partial charge in [0, 0.05) is 24.0 Å². The molecule has 4 aromatic carbocycles. The molecular weight excluding hydrogens is 606 g/mol. The van der Waals surface area contributed by atoms with E-state index >= 15 is 0 Å². The molecule has 4 aromatic rings. The Morgan fingerprint density at radius 2 is 1.44 bits per heavy atom. The van der Waals surface area contributed by atoms with E-state index < -0.39 is 28.5 Å². The number of aryl methyl sites for hydroxylation is 2. The quantitative estimate of drug-likeness (QED) is 0.175. The second-order valence-corrected chi connectivity index (χ2v) is 13.6. The fourth-order valence-corrected chi connectivity index (χ4v) is 6.61. The third-order valence-corrected chi connectivity index (χ3v) is 9.80. The molecule has 0 aliphatic heterocycles. The van der Waals surface area contributed by atoms with E-state index in [1.807, 2.05) is 81.4 Å². The van der Waals surface area contributed by atoms with Crippen molar-refractivity contribution < 1.29 is 18.0 Å². The maximum atomic E-state index is 14.6. The highest BCUT2D eigenvalue weighted by atomic mass is 35.5. The van der Waals surface area contributed by atoms with E-state index in [1.54, 1.807) is 37.3 Å². The van der Waals surface area contributed by atoms with E-state index in [4.69, 9.17) is 11.6 Å². The third kappa shape index (κ3) is 8.74. The van der Waals surface area contributed by atoms with Gasteiger partial charge in [0.05, 0.1) is 10.6 Å². The molecule has 1 N–H and O–H groups in total. The number of carbonyl (C=O) groups is 2. The lowest BCUT2D eigenvalue weighted by molar-refractivity contribution is -0.140. The molecule has 0 aromatic heterocycles. The van der Waals surface area contributed by atoms with E-state index in [-0.39, 0.29) is 29.8 Å². The average Bonchev–Trinajstić information content (AvgIpc) is 3.03. The molecule has 0 aliphatic carbocycles. The third-order valence-electron chi connectivity index (χ3n) is 7.80. The summed E-state index contributed by atoms with van der Waals surface area (Å²) in [5, 5.41) is 3.39. The Labute approximate surface area is 271 Å². The van der Waals surface area contributed by atoms with Gasteiger partial charge in [0.2, 0.25) is 11.8 Å². The first kappa shape index (κ1) is 33.7. The van der Waals surface area contributed by atoms with Crippen molar-refractivity contribution in [3.63, 3.8) is 0 Å². The Morgan fingerprint density at radius 1 is 0.844 bits per heavy atom. The van der Waals surface area contributed by atoms with Gasteiger partial charge in [-0.3, -0.25) is 13.9 Å². The number of halogens is 1. The summed E-state index contributed by atoms with van der Waals surface area (Å²) in [7, 11) is -4.21. The minimum absolute atomic E-state index is 0.0465. The van der Waals surface area contributed by atoms with Crippen LogP contribution in [0.5, 0.6) is 0 Å². The smallest absolute Gasteiger partial charge is 0.264 e. The molecule has 9 heteroatoms. The summed E-state index contributed by atoms with van der Waals surface area (Å²) in [5.41, 5.74) is 3.52. The van der Waals surface area contributed by atoms with Crippen LogP contribution >= 0.6 is 11.6 Å². The fourth-order valence-electron chi connectivity index (χ4n) is 4.98. The second-order valence-electron chi connectivity index (χ2n) is 11.3. The number of hydrogen-bond donors (Lipinski definition) is 1. The molecule has 0 fully saturated rings. The molecule has 0 bridgehead atoms. The lowest BCUT2D eigenvalue weighted by Crippen LogP contribution is -2.54. The first-order chi connectivity index (χ1) is 21.5. The van der Waals surface area contributed by atoms with E-state index in [0.29, 0.717) is 22.7 Å². The van der Waals surface area contributed by atoms with Gasteiger partial charge in [-0.05, 0) is 68.1 Å². The van der Waals surface area contributed by atoms with Crippen LogP contribution in [0.4, 0.5) is 5.69 Å². The van der Waals surface area contributed by atoms with Gasteiger partial charge in [0.15, 0.2) is 0 Å². The lowest BCUT2D eigenvalue weighted by Gasteiger charge is -2.34. The monoisotopic (exact) mass is 645 g/mol. The molecule has 4 rings (SSSR count). The van der Waals surface area contributed by atoms with E-state index in [0.717, 1.165) is 21.0 Å². The number of benzene rings is 4. The Hall–Kier alpha value is -4.14. The van der Waals surface area contributed by atoms with Crippen LogP contribution in [0.1, 0.15) is 42.5 Å². The number of nitrogens with zero attached hydrogens (tertiary/aromatic N) is 2. The van der Waals surface area contributed by atoms with Crippen molar-refractivity contribution in [3.05, 3.63) is 130 Å². The van der Waals surface area contributed by atoms with Crippen LogP contribution in [-0.2, 0) is 32.6 Å². The molecule has 0 saturated heterocycles. The van der Waals surface area contributed by atoms with Crippen LogP contribution < -0.4 is 9.62 Å². The highest BCUT2D eigenvalue weighted by molar-refractivity contribution is 7.92. The van der Waals surface area contributed by atoms with Crippen LogP contribution in [-0.4, -0.2) is 43.8 Å². The molecule has 7 nitrogen and oxygen atoms in total. The van der Waals surface area contributed by atoms with Crippen molar-refractivity contribution >= 4 is 39.1 Å². The van der Waals surface area contributed by atoms with E-state index in [2.05, 4.69) is 5.32 Å². The number of nitrogens with one attached hydrogen (secondary N) is 1. The average molecular weight is 646 g/mol. The van der Waals surface area contributed by atoms with Gasteiger partial charge in [-0.25, -0.2) is 8.42 Å². The number of carbonyl (C=O) groups excluding carboxylic acids is 2. The minimum atomic E-state index is -4.21. The van der Waals surface area contributed by atoms with Crippen LogP contribution in [0.3, 0.4) is 0 Å². The van der Waals surface area contributed by atoms with Crippen LogP contribution in [0.15, 0.2) is 108 Å². The predicted molar refractivity (Wildman–Crippen MR) is 181 cm³/mol. The number of hydrogen-bond acceptors (Lipinski definition) is 4. The number of anilines is 1. The minimum Gasteiger partial charge on any atom is -0.352 e. The topological polar surface area (TPSA) is 86.8 Å². The lowest BCUT2D eigenvalue weighted by atomic mass is 10.0. The number of amides is 2. The molecule has 45 heavy (non-hydrogen) atoms. The Balaban J connectivity index is 1.82. The molecule has 0 unspecified atom stereocenters. The van der Waals surface area contributed by atoms with Gasteiger partial charge >= 0.3 is 0 Å². The molecule has 0 aliphatic rings. The Bertz CT molecular complexity index is 1700. The normalized spacial score (nSPS) is 12.6. The maximum Gasteiger partial charge on any atom is 0.264 e. The van der Waals surface area contributed by atoms with Crippen LogP contribution in [0.2, 0.25) is 5.02 Å². The van der Waals surface area contributed by atoms with E-state index in [1.165, 1.54) is 17.0 Å². The molecule has 2 amide bonds. The molecule has 0 radical (unpaired) electrons. The zero-order valence-corrected chi connectivity index (χ0v) is 27.7. The molecule has 2 atom stereocenters. The Kier molecular flexibility index (Phi) is 11.4. The summed E-state index contributed by atoms with van der Waals surface area (Å²) in [6, 6.07) is 29.3. The largest absolute Gasteiger partial charge is 0.352 e. The summed E-state index contributed by atoms with van der Waals surface area (Å²) in [6.07, 6.45) is 0.968. The first-order valence-corrected chi connectivity index (χ1v) is 16.8. The summed E-state index contributed by atoms with van der Waals surface area (Å²) in [5.74, 6) is -0.821. The van der Waals surface area contributed by atoms with E-state index in [9.17, 15) is 18.0 Å². The van der Waals surface area contributed by atoms with Gasteiger partial charge < -0.3 is 10.2 Å². The number of sulfonamides is 1. The predicted octanol–water partition coefficient (Wildman–Crippen LogP) is 6.71. The number of rotatable bonds is 13. The Morgan fingerprint density at radius 3 is 2.04 bits per heavy atom. The maximum absolute atomic E-state index is 14.6. The van der Waals surface area contributed by atoms with Crippen molar-refractivity contribution in [2.75, 3.05) is 10.8 Å². The highest BCUT2D eigenvalue weighted by Crippen LogP contribution is 2.30. The molecule has 0 saturated carbocycles. The van der Waals surface area contributed by atoms with Crippen LogP contribution in [0, 0.1) is 13.8 Å². The SMILES string of the molecule is CC[C@@H](C)NC(=O)[C@H](Cc1ccccc1)N(Cc1ccccc1)C(=O)CN(c1cc(Cl)ccc1C)S(=O)(=O)c1ccc(C)cc1. The second kappa shape index (κ2) is 15.2. The van der Waals surface area contributed by atoms with Gasteiger partial charge in [-0.2, -0.15) is 0 Å². The fraction of sp³-hybridized carbons (Fsp3) is 0.278. The standard InChI is InChI=1S/C36H40ClN3O4S/c1-5-28(4)38-36(42)34(22-29-12-8-6-9-13-29)39(24-30-14-10-7-11-15-30)35(41)25-40(33-23-31(37)19-18-27(33)3)45(43,44)32-20-16-26(2)17-21-32/h6-21,23,28,34H,5,22,24-25H2,1-4H3,(H,38,42)/t28-,34+/m1/s1. The molecular formula is C36H40ClN3O4S. The van der Waals surface area contributed by atoms with Crippen molar-refractivity contribution in [2.45, 2.75) is 64.1 Å². The van der Waals surface area contributed by atoms with Gasteiger partial charge in [-0.15, -0.1) is 0 Å². The molecule has 0 heterocycles. The van der Waals surface area contributed by atoms with Crippen molar-refractivity contribution in [2.24, 2.45) is 0 Å². The molecule has 236 valence electrons. The van der Waals surface area contributed by atoms with Crippen molar-refractivity contribution in [3.8, 4) is 0 Å². The van der Waals surface area contributed by atoms with Crippen molar-refractivity contribution in [1.29, 1.82) is 0 Å². The van der Waals surface area contributed by atoms with Crippen LogP contribution in [0.25, 0.3) is 0 Å².